The van der Waals surface area contributed by atoms with Gasteiger partial charge in [0.05, 0.1) is 11.0 Å². The van der Waals surface area contributed by atoms with Crippen LogP contribution in [0.15, 0.2) is 246 Å². The quantitative estimate of drug-likeness (QED) is 0.0889. The molecule has 0 spiro atoms. The number of hydrogen-bond donors (Lipinski definition) is 0. The average Bonchev–Trinajstić information content (AvgIpc) is 4.12. The first-order chi connectivity index (χ1) is 31.7. The third-order valence-corrected chi connectivity index (χ3v) is 18.6. The van der Waals surface area contributed by atoms with Gasteiger partial charge in [0.15, 0.2) is 8.07 Å². The van der Waals surface area contributed by atoms with Crippen LogP contribution in [0, 0.1) is 0 Å². The van der Waals surface area contributed by atoms with E-state index in [-0.39, 0.29) is 5.92 Å². The van der Waals surface area contributed by atoms with Crippen LogP contribution in [0.2, 0.25) is 0 Å². The minimum Gasteiger partial charge on any atom is -0.456 e. The predicted molar refractivity (Wildman–Crippen MR) is 269 cm³/mol. The number of rotatable bonds is 7. The molecule has 300 valence electrons. The van der Waals surface area contributed by atoms with Gasteiger partial charge in [-0.3, -0.25) is 0 Å². The van der Waals surface area contributed by atoms with Gasteiger partial charge in [-0.15, -0.1) is 5.73 Å². The highest BCUT2D eigenvalue weighted by atomic mass is 28.3. The van der Waals surface area contributed by atoms with Crippen LogP contribution in [0.1, 0.15) is 22.6 Å². The summed E-state index contributed by atoms with van der Waals surface area (Å²) < 4.78 is 9.08. The maximum atomic E-state index is 6.70. The van der Waals surface area contributed by atoms with Crippen molar-refractivity contribution in [3.05, 3.63) is 258 Å². The lowest BCUT2D eigenvalue weighted by molar-refractivity contribution is 0.657. The molecule has 3 heteroatoms. The Kier molecular flexibility index (Phi) is 8.36. The molecule has 2 nitrogen and oxygen atoms in total. The maximum Gasteiger partial charge on any atom is 0.188 e. The fraction of sp³-hybridized carbons (Fsp3) is 0.0328. The first kappa shape index (κ1) is 36.7. The Balaban J connectivity index is 0.959. The number of aromatic nitrogens is 1. The zero-order valence-corrected chi connectivity index (χ0v) is 36.1. The maximum absolute atomic E-state index is 6.70. The van der Waals surface area contributed by atoms with Crippen molar-refractivity contribution in [1.29, 1.82) is 0 Å². The molecule has 2 heterocycles. The summed E-state index contributed by atoms with van der Waals surface area (Å²) in [5.74, 6) is 0.152. The summed E-state index contributed by atoms with van der Waals surface area (Å²) in [6.07, 6.45) is 7.41. The Morgan fingerprint density at radius 1 is 0.500 bits per heavy atom. The zero-order valence-electron chi connectivity index (χ0n) is 35.1. The molecule has 0 aliphatic heterocycles. The molecule has 2 atom stereocenters. The number of para-hydroxylation sites is 3. The Bertz CT molecular complexity index is 3730. The molecular formula is C61H41NOSi. The number of allylic oxidation sites excluding steroid dienone is 3. The first-order valence-electron chi connectivity index (χ1n) is 22.3. The standard InChI is InChI=1S/C61H41NOSi/c1-3-17-44(18-4-1)62-58-28-13-11-26-52(58)56-39-42(32-37-59(56)62)41-30-33-47(34-31-41)64(46-21-7-8-22-46,45-19-5-2-6-20-45)48-23-15-16-43(38-48)55-40-57-51(49-24-9-10-25-50(49)55)35-36-54-53-27-12-14-29-60(53)63-61(54)57/h1-21,23-39,55H,40H2. The Morgan fingerprint density at radius 2 is 1.20 bits per heavy atom. The highest BCUT2D eigenvalue weighted by molar-refractivity contribution is 7.16. The van der Waals surface area contributed by atoms with E-state index in [4.69, 9.17) is 4.42 Å². The largest absolute Gasteiger partial charge is 0.456 e. The summed E-state index contributed by atoms with van der Waals surface area (Å²) in [6.45, 7) is 0. The normalized spacial score (nSPS) is 15.1. The predicted octanol–water partition coefficient (Wildman–Crippen LogP) is 13.4. The van der Waals surface area contributed by atoms with E-state index in [1.54, 1.807) is 0 Å². The Hall–Kier alpha value is -7.94. The summed E-state index contributed by atoms with van der Waals surface area (Å²) in [6, 6.07) is 78.7. The van der Waals surface area contributed by atoms with Crippen LogP contribution in [0.25, 0.3) is 71.7 Å². The monoisotopic (exact) mass is 831 g/mol. The van der Waals surface area contributed by atoms with Gasteiger partial charge in [-0.05, 0) is 109 Å². The molecule has 0 saturated heterocycles. The zero-order chi connectivity index (χ0) is 42.2. The second-order valence-electron chi connectivity index (χ2n) is 17.2. The van der Waals surface area contributed by atoms with Crippen molar-refractivity contribution in [3.63, 3.8) is 0 Å². The van der Waals surface area contributed by atoms with Gasteiger partial charge >= 0.3 is 0 Å². The van der Waals surface area contributed by atoms with E-state index in [0.29, 0.717) is 0 Å². The third-order valence-electron chi connectivity index (χ3n) is 14.0. The lowest BCUT2D eigenvalue weighted by Crippen LogP contribution is -2.68. The fourth-order valence-electron chi connectivity index (χ4n) is 11.1. The van der Waals surface area contributed by atoms with Crippen LogP contribution in [-0.2, 0) is 6.42 Å². The Labute approximate surface area is 373 Å². The molecule has 0 fully saturated rings. The van der Waals surface area contributed by atoms with Crippen molar-refractivity contribution >= 4 is 67.4 Å². The van der Waals surface area contributed by atoms with E-state index >= 15 is 0 Å². The van der Waals surface area contributed by atoms with Crippen molar-refractivity contribution < 1.29 is 4.42 Å². The van der Waals surface area contributed by atoms with Crippen molar-refractivity contribution in [2.24, 2.45) is 0 Å². The smallest absolute Gasteiger partial charge is 0.188 e. The molecule has 2 aromatic heterocycles. The summed E-state index contributed by atoms with van der Waals surface area (Å²) in [7, 11) is -2.89. The number of fused-ring (bicyclic) bond motifs is 10. The molecule has 2 aliphatic carbocycles. The van der Waals surface area contributed by atoms with Crippen molar-refractivity contribution in [3.8, 4) is 27.9 Å². The van der Waals surface area contributed by atoms with Crippen LogP contribution >= 0.6 is 0 Å². The van der Waals surface area contributed by atoms with E-state index in [0.717, 1.165) is 17.6 Å². The summed E-state index contributed by atoms with van der Waals surface area (Å²) >= 11 is 0. The fourth-order valence-corrected chi connectivity index (χ4v) is 15.8. The molecule has 0 radical (unpaired) electrons. The van der Waals surface area contributed by atoms with E-state index in [1.807, 2.05) is 0 Å². The highest BCUT2D eigenvalue weighted by Gasteiger charge is 2.43. The number of furan rings is 1. The number of benzene rings is 9. The molecule has 0 N–H and O–H groups in total. The van der Waals surface area contributed by atoms with Gasteiger partial charge in [0.1, 0.15) is 11.2 Å². The number of hydrogen-bond acceptors (Lipinski definition) is 1. The molecular weight excluding hydrogens is 791 g/mol. The third kappa shape index (κ3) is 5.52. The van der Waals surface area contributed by atoms with Gasteiger partial charge in [-0.25, -0.2) is 0 Å². The van der Waals surface area contributed by atoms with Crippen molar-refractivity contribution in [1.82, 2.24) is 4.57 Å². The summed E-state index contributed by atoms with van der Waals surface area (Å²) in [5.41, 5.74) is 18.3. The van der Waals surface area contributed by atoms with E-state index in [9.17, 15) is 0 Å². The SMILES string of the molecule is C1=CC=CC=1[Si](c1ccccc1)(c1ccc(-c2ccc3c(c2)c2ccccc2n3-c2ccccc2)cc1)c1cccc(C2Cc3c(ccc4c3oc3ccccc34)-c3ccccc32)c1. The van der Waals surface area contributed by atoms with Gasteiger partial charge in [0, 0.05) is 38.7 Å². The minimum absolute atomic E-state index is 0.152. The van der Waals surface area contributed by atoms with Crippen LogP contribution < -0.4 is 15.6 Å². The van der Waals surface area contributed by atoms with Gasteiger partial charge in [0.2, 0.25) is 0 Å². The van der Waals surface area contributed by atoms with Crippen LogP contribution in [-0.4, -0.2) is 12.6 Å². The molecule has 0 saturated carbocycles. The van der Waals surface area contributed by atoms with Crippen LogP contribution in [0.5, 0.6) is 0 Å². The van der Waals surface area contributed by atoms with Crippen LogP contribution in [0.3, 0.4) is 0 Å². The lowest BCUT2D eigenvalue weighted by Gasteiger charge is -2.35. The molecule has 2 aliphatic rings. The minimum atomic E-state index is -2.89. The average molecular weight is 832 g/mol. The number of nitrogens with zero attached hydrogens (tertiary/aromatic N) is 1. The van der Waals surface area contributed by atoms with Crippen molar-refractivity contribution in [2.75, 3.05) is 0 Å². The van der Waals surface area contributed by atoms with Crippen molar-refractivity contribution in [2.45, 2.75) is 12.3 Å². The van der Waals surface area contributed by atoms with Gasteiger partial charge in [-0.2, -0.15) is 0 Å². The molecule has 0 bridgehead atoms. The van der Waals surface area contributed by atoms with Gasteiger partial charge in [-0.1, -0.05) is 182 Å². The first-order valence-corrected chi connectivity index (χ1v) is 24.3. The molecule has 13 rings (SSSR count). The van der Waals surface area contributed by atoms with Gasteiger partial charge < -0.3 is 8.98 Å². The molecule has 0 amide bonds. The molecule has 64 heavy (non-hydrogen) atoms. The van der Waals surface area contributed by atoms with Crippen LogP contribution in [0.4, 0.5) is 0 Å². The lowest BCUT2D eigenvalue weighted by atomic mass is 9.75. The van der Waals surface area contributed by atoms with Gasteiger partial charge in [0.25, 0.3) is 0 Å². The molecule has 2 unspecified atom stereocenters. The van der Waals surface area contributed by atoms with E-state index in [2.05, 4.69) is 241 Å². The summed E-state index contributed by atoms with van der Waals surface area (Å²) in [4.78, 5) is 0. The second kappa shape index (κ2) is 14.6. The topological polar surface area (TPSA) is 18.1 Å². The highest BCUT2D eigenvalue weighted by Crippen LogP contribution is 2.47. The van der Waals surface area contributed by atoms with E-state index < -0.39 is 8.07 Å². The molecule has 11 aromatic rings. The van der Waals surface area contributed by atoms with E-state index in [1.165, 1.54) is 98.0 Å². The molecule has 9 aromatic carbocycles. The Morgan fingerprint density at radius 3 is 2.05 bits per heavy atom. The second-order valence-corrected chi connectivity index (χ2v) is 21.0. The summed E-state index contributed by atoms with van der Waals surface area (Å²) in [5, 5.41) is 10.2.